The van der Waals surface area contributed by atoms with Gasteiger partial charge >= 0.3 is 0 Å². The molecule has 0 saturated carbocycles. The van der Waals surface area contributed by atoms with E-state index < -0.39 is 0 Å². The molecule has 0 spiro atoms. The van der Waals surface area contributed by atoms with Gasteiger partial charge in [-0.1, -0.05) is 43.7 Å². The molecular weight excluding hydrogens is 336 g/mol. The van der Waals surface area contributed by atoms with Crippen molar-refractivity contribution in [2.45, 2.75) is 19.8 Å². The molecule has 4 nitrogen and oxygen atoms in total. The Hall–Kier alpha value is -3.27. The molecule has 4 heteroatoms. The van der Waals surface area contributed by atoms with Gasteiger partial charge in [0, 0.05) is 5.56 Å². The second-order valence-electron chi connectivity index (χ2n) is 6.30. The van der Waals surface area contributed by atoms with Crippen molar-refractivity contribution in [3.8, 4) is 28.4 Å². The van der Waals surface area contributed by atoms with E-state index in [1.54, 1.807) is 6.07 Å². The summed E-state index contributed by atoms with van der Waals surface area (Å²) in [5.74, 6) is 2.21. The highest BCUT2D eigenvalue weighted by Crippen LogP contribution is 2.31. The third-order valence-electron chi connectivity index (χ3n) is 4.13. The van der Waals surface area contributed by atoms with Crippen LogP contribution in [-0.2, 0) is 0 Å². The quantitative estimate of drug-likeness (QED) is 0.312. The number of hydrogen-bond acceptors (Lipinski definition) is 3. The van der Waals surface area contributed by atoms with Gasteiger partial charge in [-0.25, -0.2) is 0 Å². The number of benzene rings is 3. The lowest BCUT2D eigenvalue weighted by atomic mass is 10.0. The first kappa shape index (κ1) is 18.5. The van der Waals surface area contributed by atoms with Crippen LogP contribution in [0.4, 0.5) is 0 Å². The fraction of sp³-hybridized carbons (Fsp3) is 0.174. The molecule has 0 aliphatic rings. The normalized spacial score (nSPS) is 10.4. The number of nitrogens with two attached hydrogens (primary N) is 1. The first-order chi connectivity index (χ1) is 13.2. The van der Waals surface area contributed by atoms with Crippen LogP contribution in [0, 0.1) is 5.41 Å². The lowest BCUT2D eigenvalue weighted by Crippen LogP contribution is -2.11. The summed E-state index contributed by atoms with van der Waals surface area (Å²) in [7, 11) is 0. The molecule has 0 aliphatic carbocycles. The summed E-state index contributed by atoms with van der Waals surface area (Å²) in [6.45, 7) is 2.84. The van der Waals surface area contributed by atoms with Gasteiger partial charge in [0.2, 0.25) is 0 Å². The van der Waals surface area contributed by atoms with E-state index in [-0.39, 0.29) is 5.84 Å². The number of para-hydroxylation sites is 1. The third-order valence-corrected chi connectivity index (χ3v) is 4.13. The molecule has 3 rings (SSSR count). The van der Waals surface area contributed by atoms with Gasteiger partial charge in [-0.15, -0.1) is 0 Å². The van der Waals surface area contributed by atoms with Crippen LogP contribution in [0.5, 0.6) is 17.2 Å². The van der Waals surface area contributed by atoms with Gasteiger partial charge in [0.25, 0.3) is 0 Å². The van der Waals surface area contributed by atoms with E-state index in [2.05, 4.69) is 6.92 Å². The van der Waals surface area contributed by atoms with Crippen LogP contribution in [0.1, 0.15) is 25.3 Å². The van der Waals surface area contributed by atoms with Crippen molar-refractivity contribution in [2.24, 2.45) is 5.73 Å². The zero-order chi connectivity index (χ0) is 19.1. The summed E-state index contributed by atoms with van der Waals surface area (Å²) in [4.78, 5) is 0. The van der Waals surface area contributed by atoms with Gasteiger partial charge in [0.1, 0.15) is 23.1 Å². The van der Waals surface area contributed by atoms with Crippen molar-refractivity contribution in [1.82, 2.24) is 0 Å². The maximum absolute atomic E-state index is 7.82. The number of nitrogen functional groups attached to an aromatic ring is 1. The molecule has 0 amide bonds. The van der Waals surface area contributed by atoms with E-state index in [1.807, 2.05) is 66.7 Å². The summed E-state index contributed by atoms with van der Waals surface area (Å²) in [5, 5.41) is 7.82. The molecule has 0 atom stereocenters. The van der Waals surface area contributed by atoms with Crippen molar-refractivity contribution < 1.29 is 9.47 Å². The van der Waals surface area contributed by atoms with Crippen molar-refractivity contribution in [3.63, 3.8) is 0 Å². The molecule has 3 aromatic carbocycles. The molecule has 0 bridgehead atoms. The fourth-order valence-corrected chi connectivity index (χ4v) is 2.70. The predicted octanol–water partition coefficient (Wildman–Crippen LogP) is 5.61. The van der Waals surface area contributed by atoms with Gasteiger partial charge in [-0.3, -0.25) is 5.41 Å². The van der Waals surface area contributed by atoms with Crippen molar-refractivity contribution in [2.75, 3.05) is 6.61 Å². The number of rotatable bonds is 8. The van der Waals surface area contributed by atoms with Gasteiger partial charge in [0.05, 0.1) is 6.61 Å². The van der Waals surface area contributed by atoms with E-state index >= 15 is 0 Å². The van der Waals surface area contributed by atoms with Crippen LogP contribution in [-0.4, -0.2) is 12.4 Å². The minimum absolute atomic E-state index is 0.00473. The molecular formula is C23H24N2O2. The molecule has 3 N–H and O–H groups in total. The van der Waals surface area contributed by atoms with E-state index in [1.165, 1.54) is 0 Å². The molecule has 27 heavy (non-hydrogen) atoms. The number of nitrogens with one attached hydrogen (secondary N) is 1. The molecule has 0 radical (unpaired) electrons. The molecule has 0 fully saturated rings. The molecule has 3 aromatic rings. The highest BCUT2D eigenvalue weighted by Gasteiger charge is 2.08. The fourth-order valence-electron chi connectivity index (χ4n) is 2.70. The molecule has 0 aromatic heterocycles. The molecule has 0 unspecified atom stereocenters. The van der Waals surface area contributed by atoms with Gasteiger partial charge in [-0.05, 0) is 60.0 Å². The van der Waals surface area contributed by atoms with Crippen LogP contribution in [0.3, 0.4) is 0 Å². The summed E-state index contributed by atoms with van der Waals surface area (Å²) in [6, 6.07) is 23.1. The van der Waals surface area contributed by atoms with Crippen LogP contribution in [0.15, 0.2) is 72.8 Å². The average molecular weight is 360 g/mol. The SMILES string of the molecule is CCCCOc1cccc(-c2cc(Oc3ccccc3)cc(C(=N)N)c2)c1. The number of ether oxygens (including phenoxy) is 2. The van der Waals surface area contributed by atoms with Gasteiger partial charge in [0.15, 0.2) is 0 Å². The maximum Gasteiger partial charge on any atom is 0.128 e. The lowest BCUT2D eigenvalue weighted by Gasteiger charge is -2.12. The zero-order valence-electron chi connectivity index (χ0n) is 15.4. The smallest absolute Gasteiger partial charge is 0.128 e. The molecule has 138 valence electrons. The number of unbranched alkanes of at least 4 members (excludes halogenated alkanes) is 1. The Labute approximate surface area is 160 Å². The Morgan fingerprint density at radius 3 is 2.33 bits per heavy atom. The largest absolute Gasteiger partial charge is 0.494 e. The van der Waals surface area contributed by atoms with Crippen LogP contribution >= 0.6 is 0 Å². The first-order valence-electron chi connectivity index (χ1n) is 9.11. The summed E-state index contributed by atoms with van der Waals surface area (Å²) >= 11 is 0. The zero-order valence-corrected chi connectivity index (χ0v) is 15.4. The molecule has 0 saturated heterocycles. The predicted molar refractivity (Wildman–Crippen MR) is 110 cm³/mol. The molecule has 0 aliphatic heterocycles. The Morgan fingerprint density at radius 2 is 1.59 bits per heavy atom. The second kappa shape index (κ2) is 8.90. The first-order valence-corrected chi connectivity index (χ1v) is 9.11. The third kappa shape index (κ3) is 5.11. The monoisotopic (exact) mass is 360 g/mol. The van der Waals surface area contributed by atoms with Gasteiger partial charge < -0.3 is 15.2 Å². The Kier molecular flexibility index (Phi) is 6.10. The Bertz CT molecular complexity index is 907. The average Bonchev–Trinajstić information content (AvgIpc) is 2.69. The van der Waals surface area contributed by atoms with Crippen LogP contribution < -0.4 is 15.2 Å². The summed E-state index contributed by atoms with van der Waals surface area (Å²) < 4.78 is 11.8. The Morgan fingerprint density at radius 1 is 0.852 bits per heavy atom. The second-order valence-corrected chi connectivity index (χ2v) is 6.30. The Balaban J connectivity index is 1.92. The number of amidine groups is 1. The van der Waals surface area contributed by atoms with Crippen molar-refractivity contribution >= 4 is 5.84 Å². The van der Waals surface area contributed by atoms with E-state index in [0.717, 1.165) is 35.5 Å². The van der Waals surface area contributed by atoms with Crippen molar-refractivity contribution in [3.05, 3.63) is 78.4 Å². The highest BCUT2D eigenvalue weighted by atomic mass is 16.5. The highest BCUT2D eigenvalue weighted by molar-refractivity contribution is 5.96. The maximum atomic E-state index is 7.82. The van der Waals surface area contributed by atoms with E-state index in [9.17, 15) is 0 Å². The summed E-state index contributed by atoms with van der Waals surface area (Å²) in [5.41, 5.74) is 8.27. The topological polar surface area (TPSA) is 68.3 Å². The summed E-state index contributed by atoms with van der Waals surface area (Å²) in [6.07, 6.45) is 2.12. The van der Waals surface area contributed by atoms with Crippen LogP contribution in [0.2, 0.25) is 0 Å². The minimum Gasteiger partial charge on any atom is -0.494 e. The van der Waals surface area contributed by atoms with E-state index in [0.29, 0.717) is 17.9 Å². The lowest BCUT2D eigenvalue weighted by molar-refractivity contribution is 0.309. The molecule has 0 heterocycles. The van der Waals surface area contributed by atoms with E-state index in [4.69, 9.17) is 20.6 Å². The standard InChI is InChI=1S/C23H24N2O2/c1-2-3-12-26-21-11-7-8-17(14-21)18-13-19(23(24)25)16-22(15-18)27-20-9-5-4-6-10-20/h4-11,13-16H,2-3,12H2,1H3,(H3,24,25). The van der Waals surface area contributed by atoms with Gasteiger partial charge in [-0.2, -0.15) is 0 Å². The van der Waals surface area contributed by atoms with Crippen LogP contribution in [0.25, 0.3) is 11.1 Å². The number of hydrogen-bond donors (Lipinski definition) is 2. The van der Waals surface area contributed by atoms with Crippen molar-refractivity contribution in [1.29, 1.82) is 5.41 Å². The minimum atomic E-state index is 0.00473.